The van der Waals surface area contributed by atoms with Gasteiger partial charge in [0.1, 0.15) is 11.5 Å². The van der Waals surface area contributed by atoms with Crippen LogP contribution in [-0.2, 0) is 22.8 Å². The Kier molecular flexibility index (Phi) is 8.11. The Labute approximate surface area is 174 Å². The van der Waals surface area contributed by atoms with Crippen molar-refractivity contribution in [1.29, 1.82) is 0 Å². The van der Waals surface area contributed by atoms with E-state index in [0.29, 0.717) is 0 Å². The van der Waals surface area contributed by atoms with Gasteiger partial charge in [0, 0.05) is 25.0 Å². The van der Waals surface area contributed by atoms with Crippen LogP contribution in [0.2, 0.25) is 0 Å². The van der Waals surface area contributed by atoms with Crippen molar-refractivity contribution in [3.8, 4) is 11.5 Å². The Morgan fingerprint density at radius 2 is 1.16 bits per heavy atom. The van der Waals surface area contributed by atoms with Gasteiger partial charge < -0.3 is 19.7 Å². The predicted octanol–water partition coefficient (Wildman–Crippen LogP) is 2.17. The lowest BCUT2D eigenvalue weighted by atomic mass is 10.2. The van der Waals surface area contributed by atoms with Crippen molar-refractivity contribution in [2.75, 3.05) is 0 Å². The highest BCUT2D eigenvalue weighted by atomic mass is 16.6. The molecule has 31 heavy (non-hydrogen) atoms. The number of hydrogen-bond acceptors (Lipinski definition) is 10. The minimum absolute atomic E-state index is 0.00998. The quantitative estimate of drug-likeness (QED) is 0.243. The van der Waals surface area contributed by atoms with Crippen molar-refractivity contribution >= 4 is 23.3 Å². The van der Waals surface area contributed by atoms with E-state index in [0.717, 1.165) is 12.1 Å². The fourth-order valence-electron chi connectivity index (χ4n) is 2.60. The Hall–Kier alpha value is -3.90. The lowest BCUT2D eigenvalue weighted by molar-refractivity contribution is -0.386. The number of rotatable bonds is 10. The third-order valence-electron chi connectivity index (χ3n) is 4.06. The molecule has 0 saturated carbocycles. The number of nitrogens with zero attached hydrogens (tertiary/aromatic N) is 2. The molecule has 0 aliphatic rings. The molecule has 0 heterocycles. The van der Waals surface area contributed by atoms with Gasteiger partial charge in [0.15, 0.2) is 0 Å². The average Bonchev–Trinajstić information content (AvgIpc) is 2.73. The largest absolute Gasteiger partial charge is 0.427 e. The molecular weight excluding hydrogens is 416 g/mol. The second-order valence-corrected chi connectivity index (χ2v) is 6.21. The monoisotopic (exact) mass is 434 g/mol. The minimum atomic E-state index is -0.691. The fourth-order valence-corrected chi connectivity index (χ4v) is 2.60. The minimum Gasteiger partial charge on any atom is -0.427 e. The summed E-state index contributed by atoms with van der Waals surface area (Å²) in [4.78, 5) is 44.1. The summed E-state index contributed by atoms with van der Waals surface area (Å²) in [5.41, 5.74) is -0.630. The first kappa shape index (κ1) is 23.4. The normalized spacial score (nSPS) is 10.4. The topological polar surface area (TPSA) is 179 Å². The molecule has 0 amide bonds. The van der Waals surface area contributed by atoms with Crippen molar-refractivity contribution in [1.82, 2.24) is 0 Å². The highest BCUT2D eigenvalue weighted by Crippen LogP contribution is 2.25. The number of aliphatic hydroxyl groups excluding tert-OH is 2. The van der Waals surface area contributed by atoms with Gasteiger partial charge in [0.05, 0.1) is 34.2 Å². The summed E-state index contributed by atoms with van der Waals surface area (Å²) < 4.78 is 10.1. The van der Waals surface area contributed by atoms with Gasteiger partial charge in [-0.15, -0.1) is 0 Å². The Morgan fingerprint density at radius 3 is 1.48 bits per heavy atom. The molecule has 0 bridgehead atoms. The van der Waals surface area contributed by atoms with Gasteiger partial charge in [-0.3, -0.25) is 29.8 Å². The molecular formula is C19H18N2O10. The Morgan fingerprint density at radius 1 is 0.774 bits per heavy atom. The van der Waals surface area contributed by atoms with E-state index in [9.17, 15) is 40.0 Å². The van der Waals surface area contributed by atoms with E-state index < -0.39 is 35.0 Å². The van der Waals surface area contributed by atoms with Crippen LogP contribution in [0.5, 0.6) is 11.5 Å². The van der Waals surface area contributed by atoms with Crippen molar-refractivity contribution in [3.63, 3.8) is 0 Å². The maximum Gasteiger partial charge on any atom is 0.311 e. The molecule has 2 aromatic carbocycles. The van der Waals surface area contributed by atoms with Gasteiger partial charge in [0.25, 0.3) is 11.4 Å². The van der Waals surface area contributed by atoms with E-state index in [1.165, 1.54) is 24.3 Å². The molecule has 2 N–H and O–H groups in total. The summed E-state index contributed by atoms with van der Waals surface area (Å²) in [6, 6.07) is 7.01. The van der Waals surface area contributed by atoms with Crippen molar-refractivity contribution in [2.24, 2.45) is 0 Å². The van der Waals surface area contributed by atoms with E-state index in [2.05, 4.69) is 0 Å². The standard InChI is InChI=1S/C19H18N2O10/c22-10-12-8-14(4-6-16(12)20(26)27)30-18(24)2-1-3-19(25)31-15-5-7-17(21(28)29)13(9-15)11-23/h4-9,22-23H,1-3,10-11H2. The second-order valence-electron chi connectivity index (χ2n) is 6.21. The number of hydrogen-bond donors (Lipinski definition) is 2. The molecule has 0 aliphatic carbocycles. The lowest BCUT2D eigenvalue weighted by Crippen LogP contribution is -2.12. The molecule has 2 rings (SSSR count). The molecule has 0 spiro atoms. The van der Waals surface area contributed by atoms with Gasteiger partial charge in [-0.25, -0.2) is 0 Å². The number of carbonyl (C=O) groups is 2. The van der Waals surface area contributed by atoms with E-state index in [4.69, 9.17) is 9.47 Å². The van der Waals surface area contributed by atoms with E-state index in [-0.39, 0.29) is 53.3 Å². The van der Waals surface area contributed by atoms with Crippen molar-refractivity contribution in [2.45, 2.75) is 32.5 Å². The Bertz CT molecular complexity index is 926. The van der Waals surface area contributed by atoms with Crippen LogP contribution in [0.4, 0.5) is 11.4 Å². The van der Waals surface area contributed by atoms with Gasteiger partial charge in [0.2, 0.25) is 0 Å². The number of nitro groups is 2. The molecule has 0 aliphatic heterocycles. The zero-order valence-corrected chi connectivity index (χ0v) is 16.1. The smallest absolute Gasteiger partial charge is 0.311 e. The number of carbonyl (C=O) groups excluding carboxylic acids is 2. The van der Waals surface area contributed by atoms with Crippen molar-refractivity contribution < 1.29 is 39.1 Å². The predicted molar refractivity (Wildman–Crippen MR) is 103 cm³/mol. The van der Waals surface area contributed by atoms with Crippen LogP contribution in [0, 0.1) is 20.2 Å². The molecule has 164 valence electrons. The van der Waals surface area contributed by atoms with Crippen LogP contribution >= 0.6 is 0 Å². The van der Waals surface area contributed by atoms with Gasteiger partial charge in [-0.05, 0) is 30.7 Å². The maximum atomic E-state index is 11.9. The molecule has 0 aromatic heterocycles. The number of ether oxygens (including phenoxy) is 2. The molecule has 0 saturated heterocycles. The molecule has 0 unspecified atom stereocenters. The third kappa shape index (κ3) is 6.55. The Balaban J connectivity index is 1.85. The summed E-state index contributed by atoms with van der Waals surface area (Å²) in [5.74, 6) is -1.35. The number of esters is 2. The lowest BCUT2D eigenvalue weighted by Gasteiger charge is -2.07. The van der Waals surface area contributed by atoms with Crippen molar-refractivity contribution in [3.05, 3.63) is 67.8 Å². The van der Waals surface area contributed by atoms with Crippen LogP contribution in [0.25, 0.3) is 0 Å². The number of nitro benzene ring substituents is 2. The van der Waals surface area contributed by atoms with E-state index in [1.807, 2.05) is 0 Å². The van der Waals surface area contributed by atoms with E-state index in [1.54, 1.807) is 0 Å². The van der Waals surface area contributed by atoms with Crippen LogP contribution in [-0.4, -0.2) is 32.0 Å². The zero-order valence-electron chi connectivity index (χ0n) is 16.1. The first-order valence-corrected chi connectivity index (χ1v) is 8.92. The third-order valence-corrected chi connectivity index (χ3v) is 4.06. The SMILES string of the molecule is O=C(CCCC(=O)Oc1ccc([N+](=O)[O-])c(CO)c1)Oc1ccc([N+](=O)[O-])c(CO)c1. The molecule has 2 aromatic rings. The summed E-state index contributed by atoms with van der Waals surface area (Å²) in [6.07, 6.45) is -0.220. The highest BCUT2D eigenvalue weighted by molar-refractivity contribution is 5.75. The number of benzene rings is 2. The number of aliphatic hydroxyl groups is 2. The highest BCUT2D eigenvalue weighted by Gasteiger charge is 2.17. The first-order valence-electron chi connectivity index (χ1n) is 8.92. The van der Waals surface area contributed by atoms with Gasteiger partial charge in [-0.2, -0.15) is 0 Å². The summed E-state index contributed by atoms with van der Waals surface area (Å²) in [7, 11) is 0. The second kappa shape index (κ2) is 10.8. The summed E-state index contributed by atoms with van der Waals surface area (Å²) in [5, 5.41) is 40.0. The summed E-state index contributed by atoms with van der Waals surface area (Å²) >= 11 is 0. The average molecular weight is 434 g/mol. The summed E-state index contributed by atoms with van der Waals surface area (Å²) in [6.45, 7) is -1.21. The van der Waals surface area contributed by atoms with Crippen LogP contribution in [0.15, 0.2) is 36.4 Å². The van der Waals surface area contributed by atoms with Gasteiger partial charge >= 0.3 is 11.9 Å². The van der Waals surface area contributed by atoms with E-state index >= 15 is 0 Å². The first-order chi connectivity index (χ1) is 14.7. The fraction of sp³-hybridized carbons (Fsp3) is 0.263. The van der Waals surface area contributed by atoms with Crippen LogP contribution in [0.3, 0.4) is 0 Å². The molecule has 0 fully saturated rings. The van der Waals surface area contributed by atoms with Crippen LogP contribution in [0.1, 0.15) is 30.4 Å². The zero-order chi connectivity index (χ0) is 23.0. The van der Waals surface area contributed by atoms with Gasteiger partial charge in [-0.1, -0.05) is 0 Å². The van der Waals surface area contributed by atoms with Crippen LogP contribution < -0.4 is 9.47 Å². The maximum absolute atomic E-state index is 11.9. The molecule has 12 heteroatoms. The molecule has 0 radical (unpaired) electrons. The molecule has 0 atom stereocenters. The molecule has 12 nitrogen and oxygen atoms in total.